The first-order valence-electron chi connectivity index (χ1n) is 11.1. The number of alkyl halides is 3. The fraction of sp³-hybridized carbons (Fsp3) is 0.591. The van der Waals surface area contributed by atoms with E-state index >= 15 is 0 Å². The minimum Gasteiger partial charge on any atom is -0.406 e. The van der Waals surface area contributed by atoms with Gasteiger partial charge in [0.1, 0.15) is 12.1 Å². The van der Waals surface area contributed by atoms with Crippen molar-refractivity contribution in [1.82, 2.24) is 24.6 Å². The molecule has 2 amide bonds. The molecule has 0 radical (unpaired) electrons. The number of carbonyl (C=O) groups is 1. The third-order valence-electron chi connectivity index (χ3n) is 7.24. The molecule has 2 aromatic rings. The van der Waals surface area contributed by atoms with Crippen LogP contribution in [0, 0.1) is 5.41 Å². The molecule has 1 spiro atoms. The fourth-order valence-electron chi connectivity index (χ4n) is 5.26. The third-order valence-corrected chi connectivity index (χ3v) is 7.24. The molecule has 4 fully saturated rings. The van der Waals surface area contributed by atoms with Gasteiger partial charge in [0, 0.05) is 43.4 Å². The highest BCUT2D eigenvalue weighted by molar-refractivity contribution is 5.77. The van der Waals surface area contributed by atoms with Gasteiger partial charge in [-0.15, -0.1) is 13.2 Å². The number of amides is 2. The molecule has 4 aliphatic rings. The zero-order chi connectivity index (χ0) is 22.1. The van der Waals surface area contributed by atoms with Gasteiger partial charge in [-0.1, -0.05) is 12.1 Å². The Kier molecular flexibility index (Phi) is 4.26. The Morgan fingerprint density at radius 3 is 2.34 bits per heavy atom. The molecule has 2 aliphatic heterocycles. The predicted octanol–water partition coefficient (Wildman–Crippen LogP) is 3.91. The second-order valence-electron chi connectivity index (χ2n) is 9.78. The number of carbonyl (C=O) groups excluding carboxylic acids is 1. The quantitative estimate of drug-likeness (QED) is 0.713. The minimum atomic E-state index is -4.69. The van der Waals surface area contributed by atoms with Crippen LogP contribution in [0.5, 0.6) is 5.75 Å². The molecular formula is C22H24F3N5O2. The predicted molar refractivity (Wildman–Crippen MR) is 107 cm³/mol. The van der Waals surface area contributed by atoms with Crippen LogP contribution < -0.4 is 4.74 Å². The number of hydrogen-bond donors (Lipinski definition) is 0. The van der Waals surface area contributed by atoms with E-state index in [-0.39, 0.29) is 23.1 Å². The number of halogens is 3. The van der Waals surface area contributed by atoms with Crippen molar-refractivity contribution >= 4 is 6.03 Å². The third kappa shape index (κ3) is 3.59. The van der Waals surface area contributed by atoms with Gasteiger partial charge in [0.05, 0.1) is 6.04 Å². The summed E-state index contributed by atoms with van der Waals surface area (Å²) in [5.41, 5.74) is 1.15. The highest BCUT2D eigenvalue weighted by Crippen LogP contribution is 2.54. The fourth-order valence-corrected chi connectivity index (χ4v) is 5.26. The second kappa shape index (κ2) is 6.86. The highest BCUT2D eigenvalue weighted by Gasteiger charge is 2.55. The smallest absolute Gasteiger partial charge is 0.406 e. The SMILES string of the molecule is O=C(N1CC(c2ccc(OC(F)(F)F)cc2)C1)N1CC2(CC(n3cnc(C4CC4)n3)C2)C1. The lowest BCUT2D eigenvalue weighted by molar-refractivity contribution is -0.274. The van der Waals surface area contributed by atoms with Crippen molar-refractivity contribution in [2.75, 3.05) is 26.2 Å². The van der Waals surface area contributed by atoms with Gasteiger partial charge in [-0.05, 0) is 43.4 Å². The number of nitrogens with zero attached hydrogens (tertiary/aromatic N) is 5. The van der Waals surface area contributed by atoms with E-state index in [4.69, 9.17) is 0 Å². The molecule has 2 aliphatic carbocycles. The molecule has 1 aromatic carbocycles. The molecule has 170 valence electrons. The Bertz CT molecular complexity index is 1010. The van der Waals surface area contributed by atoms with Crippen LogP contribution in [0.1, 0.15) is 54.9 Å². The van der Waals surface area contributed by atoms with Gasteiger partial charge in [-0.25, -0.2) is 14.5 Å². The van der Waals surface area contributed by atoms with E-state index in [1.165, 1.54) is 25.0 Å². The Balaban J connectivity index is 0.957. The number of aromatic nitrogens is 3. The monoisotopic (exact) mass is 447 g/mol. The molecule has 2 saturated heterocycles. The summed E-state index contributed by atoms with van der Waals surface area (Å²) in [6, 6.07) is 6.37. The summed E-state index contributed by atoms with van der Waals surface area (Å²) in [4.78, 5) is 20.9. The molecule has 0 unspecified atom stereocenters. The lowest BCUT2D eigenvalue weighted by Gasteiger charge is -2.60. The maximum absolute atomic E-state index is 12.7. The summed E-state index contributed by atoms with van der Waals surface area (Å²) >= 11 is 0. The molecule has 7 nitrogen and oxygen atoms in total. The summed E-state index contributed by atoms with van der Waals surface area (Å²) in [6.07, 6.45) is 1.65. The Morgan fingerprint density at radius 1 is 1.03 bits per heavy atom. The first-order chi connectivity index (χ1) is 15.3. The molecule has 10 heteroatoms. The average molecular weight is 447 g/mol. The van der Waals surface area contributed by atoms with E-state index < -0.39 is 6.36 Å². The van der Waals surface area contributed by atoms with E-state index in [2.05, 4.69) is 14.8 Å². The standard InChI is InChI=1S/C22H24F3N5O2/c23-22(24,25)32-18-5-3-14(4-6-18)16-9-28(10-16)20(31)29-11-21(12-29)7-17(8-21)30-13-26-19(27-30)15-1-2-15/h3-6,13,15-17H,1-2,7-12H2. The number of urea groups is 1. The highest BCUT2D eigenvalue weighted by atomic mass is 19.4. The zero-order valence-corrected chi connectivity index (χ0v) is 17.5. The molecular weight excluding hydrogens is 423 g/mol. The van der Waals surface area contributed by atoms with E-state index in [9.17, 15) is 18.0 Å². The van der Waals surface area contributed by atoms with Crippen molar-refractivity contribution < 1.29 is 22.7 Å². The van der Waals surface area contributed by atoms with E-state index in [1.54, 1.807) is 12.1 Å². The van der Waals surface area contributed by atoms with Crippen LogP contribution in [-0.4, -0.2) is 63.1 Å². The van der Waals surface area contributed by atoms with Crippen LogP contribution in [0.3, 0.4) is 0 Å². The van der Waals surface area contributed by atoms with E-state index in [0.717, 1.165) is 37.3 Å². The van der Waals surface area contributed by atoms with Crippen LogP contribution in [-0.2, 0) is 0 Å². The second-order valence-corrected chi connectivity index (χ2v) is 9.78. The Hall–Kier alpha value is -2.78. The normalized spacial score (nSPS) is 23.0. The Labute approximate surface area is 183 Å². The first kappa shape index (κ1) is 19.9. The van der Waals surface area contributed by atoms with Crippen molar-refractivity contribution in [1.29, 1.82) is 0 Å². The van der Waals surface area contributed by atoms with Crippen LogP contribution in [0.25, 0.3) is 0 Å². The molecule has 0 N–H and O–H groups in total. The van der Waals surface area contributed by atoms with Gasteiger partial charge in [0.2, 0.25) is 0 Å². The lowest BCUT2D eigenvalue weighted by Crippen LogP contribution is -2.67. The maximum Gasteiger partial charge on any atom is 0.573 e. The first-order valence-corrected chi connectivity index (χ1v) is 11.1. The molecule has 3 heterocycles. The van der Waals surface area contributed by atoms with Crippen LogP contribution in [0.15, 0.2) is 30.6 Å². The van der Waals surface area contributed by atoms with Gasteiger partial charge in [0.15, 0.2) is 5.82 Å². The number of benzene rings is 1. The zero-order valence-electron chi connectivity index (χ0n) is 17.5. The van der Waals surface area contributed by atoms with Crippen molar-refractivity contribution in [3.63, 3.8) is 0 Å². The van der Waals surface area contributed by atoms with Gasteiger partial charge in [0.25, 0.3) is 0 Å². The molecule has 2 saturated carbocycles. The summed E-state index contributed by atoms with van der Waals surface area (Å²) in [5, 5.41) is 4.64. The number of hydrogen-bond acceptors (Lipinski definition) is 4. The molecule has 0 bridgehead atoms. The van der Waals surface area contributed by atoms with Crippen LogP contribution >= 0.6 is 0 Å². The summed E-state index contributed by atoms with van der Waals surface area (Å²) < 4.78 is 42.8. The number of ether oxygens (including phenoxy) is 1. The number of rotatable bonds is 4. The van der Waals surface area contributed by atoms with E-state index in [1.807, 2.05) is 20.8 Å². The summed E-state index contributed by atoms with van der Waals surface area (Å²) in [6.45, 7) is 2.76. The topological polar surface area (TPSA) is 63.5 Å². The van der Waals surface area contributed by atoms with Crippen molar-refractivity contribution in [2.45, 2.75) is 49.9 Å². The van der Waals surface area contributed by atoms with Crippen LogP contribution in [0.4, 0.5) is 18.0 Å². The Morgan fingerprint density at radius 2 is 1.72 bits per heavy atom. The van der Waals surface area contributed by atoms with Crippen LogP contribution in [0.2, 0.25) is 0 Å². The van der Waals surface area contributed by atoms with Crippen molar-refractivity contribution in [3.05, 3.63) is 42.0 Å². The average Bonchev–Trinajstić information content (AvgIpc) is 3.37. The molecule has 32 heavy (non-hydrogen) atoms. The van der Waals surface area contributed by atoms with Crippen molar-refractivity contribution in [2.24, 2.45) is 5.41 Å². The van der Waals surface area contributed by atoms with Gasteiger partial charge in [-0.2, -0.15) is 5.10 Å². The van der Waals surface area contributed by atoms with Gasteiger partial charge in [-0.3, -0.25) is 0 Å². The molecule has 6 rings (SSSR count). The van der Waals surface area contributed by atoms with Gasteiger partial charge >= 0.3 is 12.4 Å². The lowest BCUT2D eigenvalue weighted by atomic mass is 9.61. The summed E-state index contributed by atoms with van der Waals surface area (Å²) in [7, 11) is 0. The number of likely N-dealkylation sites (tertiary alicyclic amines) is 2. The van der Waals surface area contributed by atoms with E-state index in [0.29, 0.717) is 25.0 Å². The molecule has 0 atom stereocenters. The molecule has 1 aromatic heterocycles. The minimum absolute atomic E-state index is 0.0594. The largest absolute Gasteiger partial charge is 0.573 e. The summed E-state index contributed by atoms with van der Waals surface area (Å²) in [5.74, 6) is 1.46. The van der Waals surface area contributed by atoms with Crippen molar-refractivity contribution in [3.8, 4) is 5.75 Å². The van der Waals surface area contributed by atoms with Gasteiger partial charge < -0.3 is 14.5 Å². The maximum atomic E-state index is 12.7.